The zero-order valence-corrected chi connectivity index (χ0v) is 16.7. The van der Waals surface area contributed by atoms with Crippen molar-refractivity contribution in [3.05, 3.63) is 72.3 Å². The van der Waals surface area contributed by atoms with E-state index >= 15 is 0 Å². The molecule has 154 valence electrons. The summed E-state index contributed by atoms with van der Waals surface area (Å²) in [6.45, 7) is 0.0932. The SMILES string of the molecule is COc1cccc(NC(=O)c2cccc(S(=O)(=O)Nc3ccc4c(c3)OCO4)c2)c1. The van der Waals surface area contributed by atoms with Crippen LogP contribution in [0.5, 0.6) is 17.2 Å². The largest absolute Gasteiger partial charge is 0.497 e. The summed E-state index contributed by atoms with van der Waals surface area (Å²) in [6, 6.07) is 17.4. The number of fused-ring (bicyclic) bond motifs is 1. The predicted octanol–water partition coefficient (Wildman–Crippen LogP) is 3.48. The van der Waals surface area contributed by atoms with Gasteiger partial charge in [-0.2, -0.15) is 0 Å². The molecule has 8 nitrogen and oxygen atoms in total. The summed E-state index contributed by atoms with van der Waals surface area (Å²) < 4.78 is 43.7. The highest BCUT2D eigenvalue weighted by molar-refractivity contribution is 7.92. The fourth-order valence-corrected chi connectivity index (χ4v) is 3.98. The number of methoxy groups -OCH3 is 1. The highest BCUT2D eigenvalue weighted by atomic mass is 32.2. The van der Waals surface area contributed by atoms with Crippen molar-refractivity contribution in [3.63, 3.8) is 0 Å². The summed E-state index contributed by atoms with van der Waals surface area (Å²) in [5, 5.41) is 2.72. The van der Waals surface area contributed by atoms with Gasteiger partial charge in [0.15, 0.2) is 11.5 Å². The monoisotopic (exact) mass is 426 g/mol. The molecule has 0 bridgehead atoms. The van der Waals surface area contributed by atoms with E-state index in [1.54, 1.807) is 42.5 Å². The lowest BCUT2D eigenvalue weighted by atomic mass is 10.2. The lowest BCUT2D eigenvalue weighted by Crippen LogP contribution is -2.16. The van der Waals surface area contributed by atoms with Crippen LogP contribution in [0.4, 0.5) is 11.4 Å². The van der Waals surface area contributed by atoms with Gasteiger partial charge in [0.25, 0.3) is 15.9 Å². The standard InChI is InChI=1S/C21H18N2O6S/c1-27-17-6-3-5-15(11-17)22-21(24)14-4-2-7-18(10-14)30(25,26)23-16-8-9-19-20(12-16)29-13-28-19/h2-12,23H,13H2,1H3,(H,22,24). The molecule has 0 aromatic heterocycles. The fraction of sp³-hybridized carbons (Fsp3) is 0.0952. The third kappa shape index (κ3) is 4.15. The van der Waals surface area contributed by atoms with Gasteiger partial charge in [0.05, 0.1) is 17.7 Å². The Balaban J connectivity index is 1.53. The molecular formula is C21H18N2O6S. The van der Waals surface area contributed by atoms with Crippen LogP contribution in [0.25, 0.3) is 0 Å². The minimum absolute atomic E-state index is 0.0431. The Bertz CT molecular complexity index is 1210. The molecule has 3 aromatic carbocycles. The maximum Gasteiger partial charge on any atom is 0.261 e. The Kier molecular flexibility index (Phi) is 5.20. The lowest BCUT2D eigenvalue weighted by molar-refractivity contribution is 0.102. The Labute approximate surface area is 173 Å². The lowest BCUT2D eigenvalue weighted by Gasteiger charge is -2.11. The number of nitrogens with one attached hydrogen (secondary N) is 2. The van der Waals surface area contributed by atoms with E-state index in [1.807, 2.05) is 0 Å². The minimum Gasteiger partial charge on any atom is -0.497 e. The molecule has 0 aliphatic carbocycles. The highest BCUT2D eigenvalue weighted by Crippen LogP contribution is 2.34. The Morgan fingerprint density at radius 2 is 1.73 bits per heavy atom. The molecule has 1 aliphatic rings. The molecule has 0 unspecified atom stereocenters. The van der Waals surface area contributed by atoms with Gasteiger partial charge in [0.1, 0.15) is 5.75 Å². The van der Waals surface area contributed by atoms with E-state index in [4.69, 9.17) is 14.2 Å². The molecule has 0 atom stereocenters. The van der Waals surface area contributed by atoms with Gasteiger partial charge in [-0.25, -0.2) is 8.42 Å². The maximum atomic E-state index is 12.8. The van der Waals surface area contributed by atoms with E-state index in [9.17, 15) is 13.2 Å². The molecule has 0 saturated heterocycles. The average molecular weight is 426 g/mol. The number of sulfonamides is 1. The van der Waals surface area contributed by atoms with E-state index in [2.05, 4.69) is 10.0 Å². The van der Waals surface area contributed by atoms with Crippen LogP contribution in [0, 0.1) is 0 Å². The van der Waals surface area contributed by atoms with Crippen molar-refractivity contribution < 1.29 is 27.4 Å². The number of hydrogen-bond acceptors (Lipinski definition) is 6. The van der Waals surface area contributed by atoms with Crippen LogP contribution in [0.15, 0.2) is 71.6 Å². The molecule has 3 aromatic rings. The molecule has 1 aliphatic heterocycles. The van der Waals surface area contributed by atoms with Crippen molar-refractivity contribution in [1.82, 2.24) is 0 Å². The molecule has 0 fully saturated rings. The van der Waals surface area contributed by atoms with Crippen LogP contribution in [0.1, 0.15) is 10.4 Å². The van der Waals surface area contributed by atoms with Crippen molar-refractivity contribution in [2.24, 2.45) is 0 Å². The van der Waals surface area contributed by atoms with Gasteiger partial charge in [-0.05, 0) is 42.5 Å². The van der Waals surface area contributed by atoms with Gasteiger partial charge in [0, 0.05) is 23.4 Å². The number of carbonyl (C=O) groups excluding carboxylic acids is 1. The van der Waals surface area contributed by atoms with E-state index in [0.29, 0.717) is 28.6 Å². The molecule has 0 radical (unpaired) electrons. The van der Waals surface area contributed by atoms with Crippen LogP contribution in [0.3, 0.4) is 0 Å². The number of ether oxygens (including phenoxy) is 3. The molecule has 0 saturated carbocycles. The second kappa shape index (κ2) is 7.96. The molecule has 0 spiro atoms. The molecule has 9 heteroatoms. The van der Waals surface area contributed by atoms with Crippen LogP contribution in [0.2, 0.25) is 0 Å². The van der Waals surface area contributed by atoms with E-state index in [-0.39, 0.29) is 17.3 Å². The first-order valence-corrected chi connectivity index (χ1v) is 10.4. The van der Waals surface area contributed by atoms with Gasteiger partial charge in [0.2, 0.25) is 6.79 Å². The van der Waals surface area contributed by atoms with Crippen LogP contribution >= 0.6 is 0 Å². The first kappa shape index (κ1) is 19.6. The Morgan fingerprint density at radius 1 is 0.933 bits per heavy atom. The zero-order chi connectivity index (χ0) is 21.1. The molecule has 30 heavy (non-hydrogen) atoms. The quantitative estimate of drug-likeness (QED) is 0.626. The maximum absolute atomic E-state index is 12.8. The van der Waals surface area contributed by atoms with Crippen molar-refractivity contribution in [2.45, 2.75) is 4.90 Å². The van der Waals surface area contributed by atoms with Gasteiger partial charge in [-0.3, -0.25) is 9.52 Å². The molecule has 4 rings (SSSR count). The minimum atomic E-state index is -3.92. The van der Waals surface area contributed by atoms with Crippen molar-refractivity contribution >= 4 is 27.3 Å². The van der Waals surface area contributed by atoms with Crippen LogP contribution in [-0.4, -0.2) is 28.2 Å². The normalized spacial score (nSPS) is 12.3. The number of rotatable bonds is 6. The first-order valence-electron chi connectivity index (χ1n) is 8.92. The highest BCUT2D eigenvalue weighted by Gasteiger charge is 2.19. The summed E-state index contributed by atoms with van der Waals surface area (Å²) in [7, 11) is -2.39. The van der Waals surface area contributed by atoms with Gasteiger partial charge < -0.3 is 19.5 Å². The van der Waals surface area contributed by atoms with Gasteiger partial charge in [-0.15, -0.1) is 0 Å². The van der Waals surface area contributed by atoms with E-state index in [1.165, 1.54) is 31.4 Å². The second-order valence-electron chi connectivity index (χ2n) is 6.39. The number of amides is 1. The molecule has 1 heterocycles. The summed E-state index contributed by atoms with van der Waals surface area (Å²) >= 11 is 0. The van der Waals surface area contributed by atoms with Crippen LogP contribution in [-0.2, 0) is 10.0 Å². The van der Waals surface area contributed by atoms with Crippen molar-refractivity contribution in [3.8, 4) is 17.2 Å². The Hall–Kier alpha value is -3.72. The molecule has 1 amide bonds. The molecule has 2 N–H and O–H groups in total. The number of anilines is 2. The topological polar surface area (TPSA) is 103 Å². The van der Waals surface area contributed by atoms with E-state index in [0.717, 1.165) is 0 Å². The van der Waals surface area contributed by atoms with Gasteiger partial charge in [-0.1, -0.05) is 12.1 Å². The smallest absolute Gasteiger partial charge is 0.261 e. The number of carbonyl (C=O) groups is 1. The van der Waals surface area contributed by atoms with Gasteiger partial charge >= 0.3 is 0 Å². The van der Waals surface area contributed by atoms with Crippen molar-refractivity contribution in [1.29, 1.82) is 0 Å². The summed E-state index contributed by atoms with van der Waals surface area (Å²) in [6.07, 6.45) is 0. The summed E-state index contributed by atoms with van der Waals surface area (Å²) in [4.78, 5) is 12.5. The third-order valence-electron chi connectivity index (χ3n) is 4.36. The first-order chi connectivity index (χ1) is 14.4. The summed E-state index contributed by atoms with van der Waals surface area (Å²) in [5.74, 6) is 1.16. The fourth-order valence-electron chi connectivity index (χ4n) is 2.88. The second-order valence-corrected chi connectivity index (χ2v) is 8.07. The van der Waals surface area contributed by atoms with E-state index < -0.39 is 15.9 Å². The average Bonchev–Trinajstić information content (AvgIpc) is 3.21. The third-order valence-corrected chi connectivity index (χ3v) is 5.74. The van der Waals surface area contributed by atoms with Crippen molar-refractivity contribution in [2.75, 3.05) is 23.9 Å². The Morgan fingerprint density at radius 3 is 2.57 bits per heavy atom. The zero-order valence-electron chi connectivity index (χ0n) is 15.9. The molecular weight excluding hydrogens is 408 g/mol. The summed E-state index contributed by atoms with van der Waals surface area (Å²) in [5.41, 5.74) is 1.06. The number of hydrogen-bond donors (Lipinski definition) is 2. The predicted molar refractivity (Wildman–Crippen MR) is 111 cm³/mol. The van der Waals surface area contributed by atoms with Crippen LogP contribution < -0.4 is 24.2 Å². The number of benzene rings is 3.